The van der Waals surface area contributed by atoms with E-state index in [4.69, 9.17) is 0 Å². The van der Waals surface area contributed by atoms with Gasteiger partial charge in [-0.25, -0.2) is 0 Å². The summed E-state index contributed by atoms with van der Waals surface area (Å²) in [5.41, 5.74) is 1.04. The summed E-state index contributed by atoms with van der Waals surface area (Å²) < 4.78 is 0. The number of carbonyl (C=O) groups is 1. The van der Waals surface area contributed by atoms with Crippen molar-refractivity contribution < 1.29 is 4.79 Å². The second-order valence-corrected chi connectivity index (χ2v) is 2.03. The van der Waals surface area contributed by atoms with Crippen molar-refractivity contribution in [3.05, 3.63) is 23.9 Å². The molecular weight excluding hydrogens is 114 g/mol. The van der Waals surface area contributed by atoms with Gasteiger partial charge in [0.25, 0.3) is 0 Å². The number of hydrogen-bond donors (Lipinski definition) is 1. The van der Waals surface area contributed by atoms with Gasteiger partial charge in [0.1, 0.15) is 0 Å². The maximum atomic E-state index is 10.6. The Morgan fingerprint density at radius 1 is 1.67 bits per heavy atom. The molecule has 1 rings (SSSR count). The van der Waals surface area contributed by atoms with Crippen LogP contribution in [-0.4, -0.2) is 12.3 Å². The van der Waals surface area contributed by atoms with Crippen LogP contribution in [0.15, 0.2) is 23.9 Å². The van der Waals surface area contributed by atoms with Crippen LogP contribution in [-0.2, 0) is 4.79 Å². The Morgan fingerprint density at radius 3 is 3.22 bits per heavy atom. The minimum Gasteiger partial charge on any atom is -0.381 e. The lowest BCUT2D eigenvalue weighted by Crippen LogP contribution is -2.17. The van der Waals surface area contributed by atoms with Crippen LogP contribution in [0.2, 0.25) is 0 Å². The molecule has 2 heteroatoms. The summed E-state index contributed by atoms with van der Waals surface area (Å²) in [6.07, 6.45) is 5.21. The third-order valence-corrected chi connectivity index (χ3v) is 1.17. The Labute approximate surface area is 54.3 Å². The standard InChI is InChI=1S/C7H9NO/c1-6-3-2-4-7(9)5-8-6/h2-4,8H,5H2,1H3. The lowest BCUT2D eigenvalue weighted by Gasteiger charge is -1.98. The highest BCUT2D eigenvalue weighted by molar-refractivity contribution is 5.92. The van der Waals surface area contributed by atoms with Gasteiger partial charge >= 0.3 is 0 Å². The van der Waals surface area contributed by atoms with Crippen molar-refractivity contribution in [2.45, 2.75) is 6.92 Å². The fourth-order valence-corrected chi connectivity index (χ4v) is 0.644. The third-order valence-electron chi connectivity index (χ3n) is 1.17. The summed E-state index contributed by atoms with van der Waals surface area (Å²) in [5.74, 6) is 0.128. The molecule has 0 saturated carbocycles. The van der Waals surface area contributed by atoms with E-state index in [1.807, 2.05) is 13.0 Å². The van der Waals surface area contributed by atoms with Crippen molar-refractivity contribution in [1.29, 1.82) is 0 Å². The highest BCUT2D eigenvalue weighted by Crippen LogP contribution is 1.92. The monoisotopic (exact) mass is 123 g/mol. The van der Waals surface area contributed by atoms with Crippen LogP contribution < -0.4 is 5.32 Å². The first-order chi connectivity index (χ1) is 4.29. The molecule has 0 aliphatic carbocycles. The lowest BCUT2D eigenvalue weighted by molar-refractivity contribution is -0.113. The molecule has 0 unspecified atom stereocenters. The van der Waals surface area contributed by atoms with Gasteiger partial charge in [-0.2, -0.15) is 0 Å². The van der Waals surface area contributed by atoms with Gasteiger partial charge in [-0.3, -0.25) is 4.79 Å². The van der Waals surface area contributed by atoms with Crippen LogP contribution in [0.4, 0.5) is 0 Å². The molecule has 2 nitrogen and oxygen atoms in total. The van der Waals surface area contributed by atoms with Gasteiger partial charge in [0.15, 0.2) is 5.78 Å². The van der Waals surface area contributed by atoms with Gasteiger partial charge in [0.2, 0.25) is 0 Å². The molecular formula is C7H9NO. The molecule has 0 aromatic rings. The SMILES string of the molecule is CC1=CC=CC(=O)CN1. The van der Waals surface area contributed by atoms with Crippen molar-refractivity contribution in [1.82, 2.24) is 5.32 Å². The maximum absolute atomic E-state index is 10.6. The average molecular weight is 123 g/mol. The molecule has 0 fully saturated rings. The fraction of sp³-hybridized carbons (Fsp3) is 0.286. The predicted molar refractivity (Wildman–Crippen MR) is 35.9 cm³/mol. The molecule has 1 aliphatic rings. The van der Waals surface area contributed by atoms with E-state index in [-0.39, 0.29) is 5.78 Å². The van der Waals surface area contributed by atoms with E-state index in [2.05, 4.69) is 5.32 Å². The molecule has 0 amide bonds. The van der Waals surface area contributed by atoms with E-state index in [0.717, 1.165) is 5.70 Å². The largest absolute Gasteiger partial charge is 0.381 e. The third kappa shape index (κ3) is 1.72. The highest BCUT2D eigenvalue weighted by atomic mass is 16.1. The summed E-state index contributed by atoms with van der Waals surface area (Å²) >= 11 is 0. The van der Waals surface area contributed by atoms with E-state index < -0.39 is 0 Å². The fourth-order valence-electron chi connectivity index (χ4n) is 0.644. The number of carbonyl (C=O) groups excluding carboxylic acids is 1. The first-order valence-corrected chi connectivity index (χ1v) is 2.91. The van der Waals surface area contributed by atoms with Gasteiger partial charge in [-0.15, -0.1) is 0 Å². The zero-order valence-corrected chi connectivity index (χ0v) is 5.35. The normalized spacial score (nSPS) is 18.3. The molecule has 1 heterocycles. The zero-order chi connectivity index (χ0) is 6.69. The number of hydrogen-bond acceptors (Lipinski definition) is 2. The predicted octanol–water partition coefficient (Wildman–Crippen LogP) is 0.619. The molecule has 0 bridgehead atoms. The summed E-state index contributed by atoms with van der Waals surface area (Å²) in [6, 6.07) is 0. The Morgan fingerprint density at radius 2 is 2.44 bits per heavy atom. The first-order valence-electron chi connectivity index (χ1n) is 2.91. The van der Waals surface area contributed by atoms with Gasteiger partial charge in [-0.1, -0.05) is 6.08 Å². The average Bonchev–Trinajstić information content (AvgIpc) is 1.97. The second kappa shape index (κ2) is 2.49. The number of rotatable bonds is 0. The molecule has 9 heavy (non-hydrogen) atoms. The quantitative estimate of drug-likeness (QED) is 0.511. The van der Waals surface area contributed by atoms with E-state index in [0.29, 0.717) is 6.54 Å². The molecule has 0 aromatic heterocycles. The molecule has 1 aliphatic heterocycles. The number of ketones is 1. The smallest absolute Gasteiger partial charge is 0.174 e. The zero-order valence-electron chi connectivity index (χ0n) is 5.35. The summed E-state index contributed by atoms with van der Waals surface area (Å²) in [6.45, 7) is 2.36. The van der Waals surface area contributed by atoms with Gasteiger partial charge < -0.3 is 5.32 Å². The van der Waals surface area contributed by atoms with Crippen molar-refractivity contribution in [3.63, 3.8) is 0 Å². The van der Waals surface area contributed by atoms with E-state index in [1.54, 1.807) is 12.2 Å². The summed E-state index contributed by atoms with van der Waals surface area (Å²) in [7, 11) is 0. The van der Waals surface area contributed by atoms with Crippen LogP contribution in [0, 0.1) is 0 Å². The van der Waals surface area contributed by atoms with E-state index in [1.165, 1.54) is 0 Å². The number of nitrogens with one attached hydrogen (secondary N) is 1. The van der Waals surface area contributed by atoms with Crippen LogP contribution in [0.5, 0.6) is 0 Å². The van der Waals surface area contributed by atoms with Crippen LogP contribution in [0.25, 0.3) is 0 Å². The number of allylic oxidation sites excluding steroid dienone is 3. The summed E-state index contributed by atoms with van der Waals surface area (Å²) in [5, 5.41) is 2.94. The van der Waals surface area contributed by atoms with E-state index in [9.17, 15) is 4.79 Å². The van der Waals surface area contributed by atoms with Crippen molar-refractivity contribution in [3.8, 4) is 0 Å². The first kappa shape index (κ1) is 6.08. The van der Waals surface area contributed by atoms with Crippen LogP contribution >= 0.6 is 0 Å². The Hall–Kier alpha value is -1.05. The van der Waals surface area contributed by atoms with Gasteiger partial charge in [0, 0.05) is 5.70 Å². The molecule has 0 radical (unpaired) electrons. The van der Waals surface area contributed by atoms with Gasteiger partial charge in [0.05, 0.1) is 6.54 Å². The van der Waals surface area contributed by atoms with E-state index >= 15 is 0 Å². The second-order valence-electron chi connectivity index (χ2n) is 2.03. The Kier molecular flexibility index (Phi) is 1.68. The lowest BCUT2D eigenvalue weighted by atomic mass is 10.4. The van der Waals surface area contributed by atoms with Crippen LogP contribution in [0.1, 0.15) is 6.92 Å². The molecule has 48 valence electrons. The van der Waals surface area contributed by atoms with Crippen molar-refractivity contribution in [2.75, 3.05) is 6.54 Å². The molecule has 0 atom stereocenters. The highest BCUT2D eigenvalue weighted by Gasteiger charge is 1.97. The van der Waals surface area contributed by atoms with Crippen molar-refractivity contribution >= 4 is 5.78 Å². The topological polar surface area (TPSA) is 29.1 Å². The minimum atomic E-state index is 0.128. The molecule has 0 aromatic carbocycles. The Bertz CT molecular complexity index is 179. The molecule has 1 N–H and O–H groups in total. The minimum absolute atomic E-state index is 0.128. The Balaban J connectivity index is 2.65. The molecule has 0 spiro atoms. The van der Waals surface area contributed by atoms with Crippen molar-refractivity contribution in [2.24, 2.45) is 0 Å². The van der Waals surface area contributed by atoms with Crippen LogP contribution in [0.3, 0.4) is 0 Å². The van der Waals surface area contributed by atoms with Gasteiger partial charge in [-0.05, 0) is 19.1 Å². The molecule has 0 saturated heterocycles. The summed E-state index contributed by atoms with van der Waals surface area (Å²) in [4.78, 5) is 10.6. The maximum Gasteiger partial charge on any atom is 0.174 e.